The number of nitrogens with zero attached hydrogens (tertiary/aromatic N) is 1. The van der Waals surface area contributed by atoms with Gasteiger partial charge in [0.1, 0.15) is 0 Å². The van der Waals surface area contributed by atoms with Crippen molar-refractivity contribution in [3.05, 3.63) is 59.2 Å². The van der Waals surface area contributed by atoms with E-state index >= 15 is 0 Å². The first-order chi connectivity index (χ1) is 11.7. The molecular weight excluding hydrogens is 306 g/mol. The SMILES string of the molecule is CCCOc1ccc(CN2C(=O)c3ccccc3C2=O)cc1OC. The summed E-state index contributed by atoms with van der Waals surface area (Å²) < 4.78 is 11.0. The number of hydrogen-bond donors (Lipinski definition) is 0. The molecule has 0 fully saturated rings. The number of fused-ring (bicyclic) bond motifs is 1. The van der Waals surface area contributed by atoms with Crippen molar-refractivity contribution in [2.24, 2.45) is 0 Å². The molecule has 2 aromatic rings. The lowest BCUT2D eigenvalue weighted by molar-refractivity contribution is 0.0642. The zero-order valence-corrected chi connectivity index (χ0v) is 13.7. The number of benzene rings is 2. The highest BCUT2D eigenvalue weighted by molar-refractivity contribution is 6.21. The lowest BCUT2D eigenvalue weighted by Crippen LogP contribution is -2.29. The zero-order valence-electron chi connectivity index (χ0n) is 13.7. The van der Waals surface area contributed by atoms with Gasteiger partial charge in [-0.25, -0.2) is 0 Å². The molecule has 0 aromatic heterocycles. The van der Waals surface area contributed by atoms with E-state index in [0.29, 0.717) is 29.2 Å². The normalized spacial score (nSPS) is 13.2. The maximum atomic E-state index is 12.4. The van der Waals surface area contributed by atoms with Gasteiger partial charge in [-0.05, 0) is 36.2 Å². The van der Waals surface area contributed by atoms with E-state index in [1.54, 1.807) is 37.4 Å². The molecule has 0 radical (unpaired) electrons. The third kappa shape index (κ3) is 2.85. The minimum Gasteiger partial charge on any atom is -0.493 e. The molecule has 1 aliphatic heterocycles. The van der Waals surface area contributed by atoms with Crippen molar-refractivity contribution in [3.63, 3.8) is 0 Å². The van der Waals surface area contributed by atoms with Crippen LogP contribution in [0.3, 0.4) is 0 Å². The summed E-state index contributed by atoms with van der Waals surface area (Å²) in [7, 11) is 1.57. The van der Waals surface area contributed by atoms with Crippen LogP contribution in [0, 0.1) is 0 Å². The molecule has 0 unspecified atom stereocenters. The van der Waals surface area contributed by atoms with E-state index in [-0.39, 0.29) is 18.4 Å². The lowest BCUT2D eigenvalue weighted by Gasteiger charge is -2.16. The Hall–Kier alpha value is -2.82. The van der Waals surface area contributed by atoms with E-state index < -0.39 is 0 Å². The lowest BCUT2D eigenvalue weighted by atomic mass is 10.1. The summed E-state index contributed by atoms with van der Waals surface area (Å²) in [6.07, 6.45) is 0.903. The highest BCUT2D eigenvalue weighted by atomic mass is 16.5. The molecule has 2 amide bonds. The van der Waals surface area contributed by atoms with Crippen molar-refractivity contribution < 1.29 is 19.1 Å². The van der Waals surface area contributed by atoms with Gasteiger partial charge in [0.25, 0.3) is 11.8 Å². The van der Waals surface area contributed by atoms with Crippen molar-refractivity contribution >= 4 is 11.8 Å². The fraction of sp³-hybridized carbons (Fsp3) is 0.263. The van der Waals surface area contributed by atoms with Gasteiger partial charge in [0.2, 0.25) is 0 Å². The van der Waals surface area contributed by atoms with Gasteiger partial charge in [0.15, 0.2) is 11.5 Å². The maximum Gasteiger partial charge on any atom is 0.261 e. The number of carbonyl (C=O) groups is 2. The van der Waals surface area contributed by atoms with Crippen LogP contribution in [0.5, 0.6) is 11.5 Å². The second kappa shape index (κ2) is 6.74. The average Bonchev–Trinajstić information content (AvgIpc) is 2.86. The molecule has 0 bridgehead atoms. The Morgan fingerprint density at radius 1 is 0.958 bits per heavy atom. The molecule has 5 heteroatoms. The van der Waals surface area contributed by atoms with E-state index in [4.69, 9.17) is 9.47 Å². The molecule has 0 spiro atoms. The first kappa shape index (κ1) is 16.1. The van der Waals surface area contributed by atoms with E-state index in [1.165, 1.54) is 4.90 Å². The van der Waals surface area contributed by atoms with Crippen LogP contribution >= 0.6 is 0 Å². The molecule has 0 N–H and O–H groups in total. The van der Waals surface area contributed by atoms with Gasteiger partial charge in [-0.3, -0.25) is 14.5 Å². The largest absolute Gasteiger partial charge is 0.493 e. The maximum absolute atomic E-state index is 12.4. The van der Waals surface area contributed by atoms with Crippen molar-refractivity contribution in [2.45, 2.75) is 19.9 Å². The van der Waals surface area contributed by atoms with Crippen LogP contribution in [0.1, 0.15) is 39.6 Å². The Morgan fingerprint density at radius 3 is 2.21 bits per heavy atom. The monoisotopic (exact) mass is 325 g/mol. The van der Waals surface area contributed by atoms with Crippen LogP contribution in [0.4, 0.5) is 0 Å². The smallest absolute Gasteiger partial charge is 0.261 e. The van der Waals surface area contributed by atoms with Crippen LogP contribution in [-0.2, 0) is 6.54 Å². The number of carbonyl (C=O) groups excluding carboxylic acids is 2. The predicted octanol–water partition coefficient (Wildman–Crippen LogP) is 3.28. The molecular formula is C19H19NO4. The Bertz CT molecular complexity index is 750. The molecule has 3 rings (SSSR count). The van der Waals surface area contributed by atoms with Crippen LogP contribution < -0.4 is 9.47 Å². The van der Waals surface area contributed by atoms with E-state index in [2.05, 4.69) is 0 Å². The number of amides is 2. The van der Waals surface area contributed by atoms with Gasteiger partial charge < -0.3 is 9.47 Å². The van der Waals surface area contributed by atoms with Gasteiger partial charge in [-0.15, -0.1) is 0 Å². The molecule has 1 aliphatic rings. The van der Waals surface area contributed by atoms with Crippen LogP contribution in [0.2, 0.25) is 0 Å². The first-order valence-corrected chi connectivity index (χ1v) is 7.90. The first-order valence-electron chi connectivity index (χ1n) is 7.90. The number of ether oxygens (including phenoxy) is 2. The molecule has 0 atom stereocenters. The molecule has 0 saturated heterocycles. The second-order valence-electron chi connectivity index (χ2n) is 5.58. The van der Waals surface area contributed by atoms with Crippen molar-refractivity contribution in [1.82, 2.24) is 4.90 Å². The zero-order chi connectivity index (χ0) is 17.1. The Balaban J connectivity index is 1.82. The minimum absolute atomic E-state index is 0.205. The quantitative estimate of drug-likeness (QED) is 0.765. The van der Waals surface area contributed by atoms with E-state index in [9.17, 15) is 9.59 Å². The Labute approximate surface area is 140 Å². The summed E-state index contributed by atoms with van der Waals surface area (Å²) in [4.78, 5) is 26.1. The van der Waals surface area contributed by atoms with Crippen LogP contribution in [0.25, 0.3) is 0 Å². The Morgan fingerprint density at radius 2 is 1.62 bits per heavy atom. The third-order valence-corrected chi connectivity index (χ3v) is 3.91. The van der Waals surface area contributed by atoms with Crippen molar-refractivity contribution in [3.8, 4) is 11.5 Å². The summed E-state index contributed by atoms with van der Waals surface area (Å²) in [6.45, 7) is 2.84. The van der Waals surface area contributed by atoms with Crippen LogP contribution in [0.15, 0.2) is 42.5 Å². The number of methoxy groups -OCH3 is 1. The molecule has 124 valence electrons. The summed E-state index contributed by atoms with van der Waals surface area (Å²) in [6, 6.07) is 12.3. The number of imide groups is 1. The summed E-state index contributed by atoms with van der Waals surface area (Å²) in [5.41, 5.74) is 1.72. The summed E-state index contributed by atoms with van der Waals surface area (Å²) in [5.74, 6) is 0.727. The molecule has 1 heterocycles. The fourth-order valence-corrected chi connectivity index (χ4v) is 2.71. The number of rotatable bonds is 6. The summed E-state index contributed by atoms with van der Waals surface area (Å²) in [5, 5.41) is 0. The molecule has 0 saturated carbocycles. The molecule has 2 aromatic carbocycles. The standard InChI is InChI=1S/C19H19NO4/c1-3-10-24-16-9-8-13(11-17(16)23-2)12-20-18(21)14-6-4-5-7-15(14)19(20)22/h4-9,11H,3,10,12H2,1-2H3. The minimum atomic E-state index is -0.263. The number of hydrogen-bond acceptors (Lipinski definition) is 4. The van der Waals surface area contributed by atoms with Gasteiger partial charge >= 0.3 is 0 Å². The van der Waals surface area contributed by atoms with Gasteiger partial charge in [-0.1, -0.05) is 25.1 Å². The average molecular weight is 325 g/mol. The molecule has 0 aliphatic carbocycles. The van der Waals surface area contributed by atoms with Crippen LogP contribution in [-0.4, -0.2) is 30.4 Å². The highest BCUT2D eigenvalue weighted by Crippen LogP contribution is 2.30. The second-order valence-corrected chi connectivity index (χ2v) is 5.58. The Kier molecular flexibility index (Phi) is 4.51. The topological polar surface area (TPSA) is 55.8 Å². The highest BCUT2D eigenvalue weighted by Gasteiger charge is 2.35. The van der Waals surface area contributed by atoms with Crippen molar-refractivity contribution in [2.75, 3.05) is 13.7 Å². The summed E-state index contributed by atoms with van der Waals surface area (Å²) >= 11 is 0. The third-order valence-electron chi connectivity index (χ3n) is 3.91. The molecule has 5 nitrogen and oxygen atoms in total. The van der Waals surface area contributed by atoms with Crippen molar-refractivity contribution in [1.29, 1.82) is 0 Å². The predicted molar refractivity (Wildman–Crippen MR) is 89.4 cm³/mol. The molecule has 24 heavy (non-hydrogen) atoms. The van der Waals surface area contributed by atoms with Gasteiger partial charge in [-0.2, -0.15) is 0 Å². The van der Waals surface area contributed by atoms with Gasteiger partial charge in [0, 0.05) is 0 Å². The van der Waals surface area contributed by atoms with Gasteiger partial charge in [0.05, 0.1) is 31.4 Å². The van der Waals surface area contributed by atoms with E-state index in [0.717, 1.165) is 12.0 Å². The fourth-order valence-electron chi connectivity index (χ4n) is 2.71. The van der Waals surface area contributed by atoms with E-state index in [1.807, 2.05) is 19.1 Å².